The molecular weight excluding hydrogens is 386 g/mol. The van der Waals surface area contributed by atoms with Crippen molar-refractivity contribution in [2.45, 2.75) is 44.7 Å². The number of carbonyl (C=O) groups excluding carboxylic acids is 2. The second kappa shape index (κ2) is 8.14. The number of esters is 1. The quantitative estimate of drug-likeness (QED) is 0.426. The summed E-state index contributed by atoms with van der Waals surface area (Å²) >= 11 is 0. The summed E-state index contributed by atoms with van der Waals surface area (Å²) in [7, 11) is 1.22. The van der Waals surface area contributed by atoms with E-state index >= 15 is 0 Å². The Labute approximate surface area is 174 Å². The zero-order valence-corrected chi connectivity index (χ0v) is 17.4. The van der Waals surface area contributed by atoms with Crippen LogP contribution >= 0.6 is 0 Å². The molecule has 8 heteroatoms. The third kappa shape index (κ3) is 4.12. The molecule has 0 radical (unpaired) electrons. The van der Waals surface area contributed by atoms with Gasteiger partial charge in [-0.2, -0.15) is 0 Å². The molecule has 0 fully saturated rings. The summed E-state index contributed by atoms with van der Waals surface area (Å²) in [5, 5.41) is 17.4. The van der Waals surface area contributed by atoms with Gasteiger partial charge in [-0.1, -0.05) is 38.1 Å². The number of nitrogens with one attached hydrogen (secondary N) is 2. The highest BCUT2D eigenvalue weighted by atomic mass is 16.6. The van der Waals surface area contributed by atoms with E-state index in [1.807, 2.05) is 18.2 Å². The minimum absolute atomic E-state index is 0.0487. The standard InChI is InChI=1S/C22H25N3O5/c1-13(21(27)30-4)23-20(26)14-9-10-17(19(11-14)25(28)29)24-18-12-22(2,3)16-8-6-5-7-15(16)18/h5-11,13,18,24H,12H2,1-4H3,(H,23,26). The highest BCUT2D eigenvalue weighted by Crippen LogP contribution is 2.46. The van der Waals surface area contributed by atoms with Crippen LogP contribution in [0.2, 0.25) is 0 Å². The number of nitro benzene ring substituents is 1. The van der Waals surface area contributed by atoms with Crippen molar-refractivity contribution in [3.8, 4) is 0 Å². The average molecular weight is 411 g/mol. The monoisotopic (exact) mass is 411 g/mol. The topological polar surface area (TPSA) is 111 Å². The number of rotatable bonds is 6. The highest BCUT2D eigenvalue weighted by Gasteiger charge is 2.37. The van der Waals surface area contributed by atoms with E-state index in [0.29, 0.717) is 5.69 Å². The van der Waals surface area contributed by atoms with Gasteiger partial charge < -0.3 is 15.4 Å². The summed E-state index contributed by atoms with van der Waals surface area (Å²) in [4.78, 5) is 35.1. The Bertz CT molecular complexity index is 1000. The van der Waals surface area contributed by atoms with E-state index in [2.05, 4.69) is 35.3 Å². The van der Waals surface area contributed by atoms with E-state index in [0.717, 1.165) is 12.0 Å². The number of ether oxygens (including phenoxy) is 1. The van der Waals surface area contributed by atoms with Crippen LogP contribution in [0.15, 0.2) is 42.5 Å². The molecule has 30 heavy (non-hydrogen) atoms. The summed E-state index contributed by atoms with van der Waals surface area (Å²) in [5.74, 6) is -1.19. The number of carbonyl (C=O) groups is 2. The van der Waals surface area contributed by atoms with E-state index in [-0.39, 0.29) is 22.7 Å². The normalized spacial score (nSPS) is 17.5. The maximum absolute atomic E-state index is 12.4. The van der Waals surface area contributed by atoms with E-state index in [1.165, 1.54) is 37.8 Å². The molecule has 0 saturated heterocycles. The van der Waals surface area contributed by atoms with E-state index in [4.69, 9.17) is 0 Å². The molecular formula is C22H25N3O5. The molecule has 1 amide bonds. The third-order valence-electron chi connectivity index (χ3n) is 5.47. The van der Waals surface area contributed by atoms with Crippen molar-refractivity contribution in [1.82, 2.24) is 5.32 Å². The Morgan fingerprint density at radius 2 is 1.93 bits per heavy atom. The predicted octanol–water partition coefficient (Wildman–Crippen LogP) is 3.72. The van der Waals surface area contributed by atoms with Gasteiger partial charge in [0.15, 0.2) is 0 Å². The maximum atomic E-state index is 12.4. The molecule has 0 aliphatic heterocycles. The van der Waals surface area contributed by atoms with Crippen LogP contribution in [0.3, 0.4) is 0 Å². The smallest absolute Gasteiger partial charge is 0.328 e. The van der Waals surface area contributed by atoms with Crippen molar-refractivity contribution < 1.29 is 19.2 Å². The number of hydrogen-bond donors (Lipinski definition) is 2. The number of anilines is 1. The van der Waals surface area contributed by atoms with Crippen molar-refractivity contribution in [1.29, 1.82) is 0 Å². The molecule has 158 valence electrons. The Balaban J connectivity index is 1.86. The zero-order chi connectivity index (χ0) is 22.1. The molecule has 0 heterocycles. The molecule has 8 nitrogen and oxygen atoms in total. The van der Waals surface area contributed by atoms with Crippen LogP contribution < -0.4 is 10.6 Å². The first kappa shape index (κ1) is 21.3. The maximum Gasteiger partial charge on any atom is 0.328 e. The lowest BCUT2D eigenvalue weighted by molar-refractivity contribution is -0.384. The van der Waals surface area contributed by atoms with Crippen molar-refractivity contribution >= 4 is 23.3 Å². The summed E-state index contributed by atoms with van der Waals surface area (Å²) < 4.78 is 4.58. The van der Waals surface area contributed by atoms with Crippen LogP contribution in [0.5, 0.6) is 0 Å². The number of methoxy groups -OCH3 is 1. The SMILES string of the molecule is COC(=O)C(C)NC(=O)c1ccc(NC2CC(C)(C)c3ccccc32)c([N+](=O)[O-])c1. The average Bonchev–Trinajstić information content (AvgIpc) is 2.97. The van der Waals surface area contributed by atoms with Gasteiger partial charge in [0.1, 0.15) is 11.7 Å². The number of fused-ring (bicyclic) bond motifs is 1. The van der Waals surface area contributed by atoms with Gasteiger partial charge in [0.25, 0.3) is 11.6 Å². The first-order valence-corrected chi connectivity index (χ1v) is 9.67. The Morgan fingerprint density at radius 3 is 2.60 bits per heavy atom. The van der Waals surface area contributed by atoms with Crippen molar-refractivity contribution in [3.63, 3.8) is 0 Å². The predicted molar refractivity (Wildman–Crippen MR) is 112 cm³/mol. The Morgan fingerprint density at radius 1 is 1.23 bits per heavy atom. The lowest BCUT2D eigenvalue weighted by Gasteiger charge is -2.20. The lowest BCUT2D eigenvalue weighted by Crippen LogP contribution is -2.39. The van der Waals surface area contributed by atoms with Gasteiger partial charge in [0, 0.05) is 11.6 Å². The number of nitrogens with zero attached hydrogens (tertiary/aromatic N) is 1. The second-order valence-corrected chi connectivity index (χ2v) is 8.08. The molecule has 3 rings (SSSR count). The molecule has 1 aliphatic carbocycles. The van der Waals surface area contributed by atoms with Gasteiger partial charge >= 0.3 is 5.97 Å². The molecule has 0 bridgehead atoms. The molecule has 0 spiro atoms. The van der Waals surface area contributed by atoms with Gasteiger partial charge in [0.05, 0.1) is 18.1 Å². The van der Waals surface area contributed by atoms with Gasteiger partial charge in [-0.15, -0.1) is 0 Å². The van der Waals surface area contributed by atoms with E-state index in [1.54, 1.807) is 0 Å². The Kier molecular flexibility index (Phi) is 5.78. The van der Waals surface area contributed by atoms with Crippen LogP contribution in [0.4, 0.5) is 11.4 Å². The second-order valence-electron chi connectivity index (χ2n) is 8.08. The van der Waals surface area contributed by atoms with Crippen LogP contribution in [-0.2, 0) is 14.9 Å². The van der Waals surface area contributed by atoms with E-state index in [9.17, 15) is 19.7 Å². The summed E-state index contributed by atoms with van der Waals surface area (Å²) in [5.41, 5.74) is 2.52. The molecule has 2 aromatic carbocycles. The van der Waals surface area contributed by atoms with Crippen LogP contribution in [-0.4, -0.2) is 30.0 Å². The molecule has 0 aromatic heterocycles. The summed E-state index contributed by atoms with van der Waals surface area (Å²) in [6.07, 6.45) is 0.794. The van der Waals surface area contributed by atoms with E-state index < -0.39 is 22.8 Å². The summed E-state index contributed by atoms with van der Waals surface area (Å²) in [6.45, 7) is 5.78. The minimum atomic E-state index is -0.864. The fourth-order valence-corrected chi connectivity index (χ4v) is 3.93. The van der Waals surface area contributed by atoms with Crippen molar-refractivity contribution in [2.24, 2.45) is 0 Å². The van der Waals surface area contributed by atoms with Crippen LogP contribution in [0, 0.1) is 10.1 Å². The molecule has 0 saturated carbocycles. The first-order valence-electron chi connectivity index (χ1n) is 9.67. The zero-order valence-electron chi connectivity index (χ0n) is 17.4. The fraction of sp³-hybridized carbons (Fsp3) is 0.364. The molecule has 2 unspecified atom stereocenters. The summed E-state index contributed by atoms with van der Waals surface area (Å²) in [6, 6.07) is 11.4. The third-order valence-corrected chi connectivity index (χ3v) is 5.47. The fourth-order valence-electron chi connectivity index (χ4n) is 3.93. The number of amides is 1. The molecule has 1 aliphatic rings. The Hall–Kier alpha value is -3.42. The highest BCUT2D eigenvalue weighted by molar-refractivity contribution is 5.98. The van der Waals surface area contributed by atoms with Gasteiger partial charge in [-0.25, -0.2) is 4.79 Å². The number of benzene rings is 2. The van der Waals surface area contributed by atoms with Crippen LogP contribution in [0.1, 0.15) is 54.7 Å². The van der Waals surface area contributed by atoms with Gasteiger partial charge in [0.2, 0.25) is 0 Å². The largest absolute Gasteiger partial charge is 0.467 e. The van der Waals surface area contributed by atoms with Crippen molar-refractivity contribution in [2.75, 3.05) is 12.4 Å². The van der Waals surface area contributed by atoms with Crippen molar-refractivity contribution in [3.05, 3.63) is 69.3 Å². The lowest BCUT2D eigenvalue weighted by atomic mass is 9.86. The molecule has 2 aromatic rings. The van der Waals surface area contributed by atoms with Crippen LogP contribution in [0.25, 0.3) is 0 Å². The van der Waals surface area contributed by atoms with Gasteiger partial charge in [-0.3, -0.25) is 14.9 Å². The van der Waals surface area contributed by atoms with Gasteiger partial charge in [-0.05, 0) is 42.0 Å². The molecule has 2 atom stereocenters. The first-order chi connectivity index (χ1) is 14.1. The number of nitro groups is 1. The number of hydrogen-bond acceptors (Lipinski definition) is 6. The minimum Gasteiger partial charge on any atom is -0.467 e. The molecule has 2 N–H and O–H groups in total.